The van der Waals surface area contributed by atoms with Gasteiger partial charge in [0.15, 0.2) is 0 Å². The first kappa shape index (κ1) is 21.8. The van der Waals surface area contributed by atoms with Crippen molar-refractivity contribution in [3.63, 3.8) is 0 Å². The predicted octanol–water partition coefficient (Wildman–Crippen LogP) is 3.61. The lowest BCUT2D eigenvalue weighted by Crippen LogP contribution is -2.59. The van der Waals surface area contributed by atoms with Gasteiger partial charge in [0.05, 0.1) is 12.1 Å². The molecule has 1 saturated carbocycles. The maximum absolute atomic E-state index is 13.4. The van der Waals surface area contributed by atoms with E-state index < -0.39 is 0 Å². The molecular weight excluding hydrogens is 362 g/mol. The molecule has 2 amide bonds. The van der Waals surface area contributed by atoms with Crippen LogP contribution in [0.4, 0.5) is 0 Å². The zero-order valence-electron chi connectivity index (χ0n) is 18.5. The monoisotopic (exact) mass is 399 g/mol. The average molecular weight is 400 g/mol. The summed E-state index contributed by atoms with van der Waals surface area (Å²) in [6, 6.07) is 10.1. The van der Waals surface area contributed by atoms with Gasteiger partial charge in [0.2, 0.25) is 11.8 Å². The summed E-state index contributed by atoms with van der Waals surface area (Å²) in [5.74, 6) is 0.767. The van der Waals surface area contributed by atoms with Gasteiger partial charge in [-0.25, -0.2) is 0 Å². The van der Waals surface area contributed by atoms with Crippen LogP contribution < -0.4 is 5.32 Å². The third-order valence-electron chi connectivity index (χ3n) is 6.41. The number of hydrogen-bond acceptors (Lipinski definition) is 3. The third kappa shape index (κ3) is 5.39. The highest BCUT2D eigenvalue weighted by atomic mass is 16.2. The van der Waals surface area contributed by atoms with Crippen molar-refractivity contribution in [3.8, 4) is 0 Å². The van der Waals surface area contributed by atoms with E-state index in [-0.39, 0.29) is 29.3 Å². The van der Waals surface area contributed by atoms with Crippen LogP contribution in [0.2, 0.25) is 0 Å². The first-order valence-electron chi connectivity index (χ1n) is 11.2. The molecule has 5 nitrogen and oxygen atoms in total. The molecule has 1 aromatic rings. The Morgan fingerprint density at radius 3 is 2.14 bits per heavy atom. The first-order valence-corrected chi connectivity index (χ1v) is 11.2. The van der Waals surface area contributed by atoms with Crippen molar-refractivity contribution in [1.82, 2.24) is 15.1 Å². The Morgan fingerprint density at radius 1 is 1.00 bits per heavy atom. The highest BCUT2D eigenvalue weighted by molar-refractivity contribution is 5.83. The van der Waals surface area contributed by atoms with Crippen molar-refractivity contribution in [2.45, 2.75) is 65.5 Å². The summed E-state index contributed by atoms with van der Waals surface area (Å²) in [6.07, 6.45) is 4.67. The Balaban J connectivity index is 1.66. The van der Waals surface area contributed by atoms with Crippen LogP contribution in [0.25, 0.3) is 0 Å². The summed E-state index contributed by atoms with van der Waals surface area (Å²) < 4.78 is 0. The smallest absolute Gasteiger partial charge is 0.238 e. The fourth-order valence-electron chi connectivity index (χ4n) is 4.75. The lowest BCUT2D eigenvalue weighted by molar-refractivity contribution is -0.142. The second kappa shape index (κ2) is 9.29. The van der Waals surface area contributed by atoms with Gasteiger partial charge in [0.1, 0.15) is 0 Å². The topological polar surface area (TPSA) is 52.7 Å². The van der Waals surface area contributed by atoms with E-state index in [1.54, 1.807) is 0 Å². The van der Waals surface area contributed by atoms with Crippen molar-refractivity contribution in [2.75, 3.05) is 26.2 Å². The molecule has 0 aromatic heterocycles. The minimum absolute atomic E-state index is 0.00337. The van der Waals surface area contributed by atoms with Gasteiger partial charge >= 0.3 is 0 Å². The second-order valence-electron chi connectivity index (χ2n) is 9.71. The molecule has 0 radical (unpaired) electrons. The van der Waals surface area contributed by atoms with Crippen LogP contribution in [0.3, 0.4) is 0 Å². The number of hydrogen-bond donors (Lipinski definition) is 1. The fourth-order valence-corrected chi connectivity index (χ4v) is 4.75. The van der Waals surface area contributed by atoms with Crippen molar-refractivity contribution < 1.29 is 9.59 Å². The van der Waals surface area contributed by atoms with E-state index in [1.807, 2.05) is 43.9 Å². The Hall–Kier alpha value is -1.88. The molecule has 0 bridgehead atoms. The van der Waals surface area contributed by atoms with E-state index in [0.717, 1.165) is 31.5 Å². The molecule has 1 saturated heterocycles. The quantitative estimate of drug-likeness (QED) is 0.823. The molecule has 1 aromatic carbocycles. The zero-order chi connectivity index (χ0) is 21.0. The lowest BCUT2D eigenvalue weighted by atomic mass is 9.93. The number of carbonyl (C=O) groups excluding carboxylic acids is 2. The van der Waals surface area contributed by atoms with Gasteiger partial charge in [-0.3, -0.25) is 14.5 Å². The predicted molar refractivity (Wildman–Crippen MR) is 116 cm³/mol. The van der Waals surface area contributed by atoms with Crippen molar-refractivity contribution in [1.29, 1.82) is 0 Å². The Bertz CT molecular complexity index is 684. The third-order valence-corrected chi connectivity index (χ3v) is 6.41. The number of rotatable bonds is 5. The summed E-state index contributed by atoms with van der Waals surface area (Å²) in [4.78, 5) is 30.3. The number of carbonyl (C=O) groups is 2. The number of piperazine rings is 1. The average Bonchev–Trinajstić information content (AvgIpc) is 3.22. The van der Waals surface area contributed by atoms with Crippen LogP contribution in [-0.2, 0) is 9.59 Å². The summed E-state index contributed by atoms with van der Waals surface area (Å²) >= 11 is 0. The number of amides is 2. The van der Waals surface area contributed by atoms with Crippen LogP contribution in [0.1, 0.15) is 65.0 Å². The molecule has 2 unspecified atom stereocenters. The van der Waals surface area contributed by atoms with Crippen molar-refractivity contribution in [2.24, 2.45) is 11.3 Å². The van der Waals surface area contributed by atoms with Crippen LogP contribution in [0.5, 0.6) is 0 Å². The standard InChI is InChI=1S/C24H37N3O2/c1-18(19-10-6-5-7-11-19)25-22(28)21(20-12-8-9-13-20)26-14-16-27(17-15-26)23(29)24(2,3)4/h5-7,10-11,18,20-21H,8-9,12-17H2,1-4H3,(H,25,28). The molecule has 1 aliphatic carbocycles. The minimum Gasteiger partial charge on any atom is -0.348 e. The van der Waals surface area contributed by atoms with E-state index in [1.165, 1.54) is 12.8 Å². The van der Waals surface area contributed by atoms with Gasteiger partial charge < -0.3 is 10.2 Å². The second-order valence-corrected chi connectivity index (χ2v) is 9.71. The first-order chi connectivity index (χ1) is 13.8. The molecule has 29 heavy (non-hydrogen) atoms. The van der Waals surface area contributed by atoms with Gasteiger partial charge in [0.25, 0.3) is 0 Å². The van der Waals surface area contributed by atoms with E-state index >= 15 is 0 Å². The molecule has 3 rings (SSSR count). The van der Waals surface area contributed by atoms with Gasteiger partial charge in [-0.2, -0.15) is 0 Å². The van der Waals surface area contributed by atoms with Gasteiger partial charge in [0, 0.05) is 31.6 Å². The molecule has 2 aliphatic rings. The van der Waals surface area contributed by atoms with Gasteiger partial charge in [-0.1, -0.05) is 63.9 Å². The summed E-state index contributed by atoms with van der Waals surface area (Å²) in [5, 5.41) is 3.27. The largest absolute Gasteiger partial charge is 0.348 e. The number of nitrogens with one attached hydrogen (secondary N) is 1. The van der Waals surface area contributed by atoms with Crippen molar-refractivity contribution in [3.05, 3.63) is 35.9 Å². The molecule has 160 valence electrons. The molecule has 1 N–H and O–H groups in total. The molecule has 1 aliphatic heterocycles. The van der Waals surface area contributed by atoms with E-state index in [4.69, 9.17) is 0 Å². The molecule has 2 fully saturated rings. The molecule has 5 heteroatoms. The fraction of sp³-hybridized carbons (Fsp3) is 0.667. The van der Waals surface area contributed by atoms with Gasteiger partial charge in [-0.05, 0) is 31.2 Å². The van der Waals surface area contributed by atoms with Crippen LogP contribution >= 0.6 is 0 Å². The summed E-state index contributed by atoms with van der Waals surface area (Å²) in [6.45, 7) is 10.9. The molecule has 0 spiro atoms. The minimum atomic E-state index is -0.352. The lowest BCUT2D eigenvalue weighted by Gasteiger charge is -2.42. The Labute approximate surface area is 175 Å². The summed E-state index contributed by atoms with van der Waals surface area (Å²) in [7, 11) is 0. The van der Waals surface area contributed by atoms with E-state index in [9.17, 15) is 9.59 Å². The SMILES string of the molecule is CC(NC(=O)C(C1CCCC1)N1CCN(C(=O)C(C)(C)C)CC1)c1ccccc1. The maximum atomic E-state index is 13.4. The van der Waals surface area contributed by atoms with Crippen LogP contribution in [-0.4, -0.2) is 53.8 Å². The molecule has 2 atom stereocenters. The highest BCUT2D eigenvalue weighted by Crippen LogP contribution is 2.32. The maximum Gasteiger partial charge on any atom is 0.238 e. The highest BCUT2D eigenvalue weighted by Gasteiger charge is 2.38. The van der Waals surface area contributed by atoms with Gasteiger partial charge in [-0.15, -0.1) is 0 Å². The molecular formula is C24H37N3O2. The Morgan fingerprint density at radius 2 is 1.59 bits per heavy atom. The summed E-state index contributed by atoms with van der Waals surface area (Å²) in [5.41, 5.74) is 0.779. The molecule has 1 heterocycles. The Kier molecular flexibility index (Phi) is 6.99. The van der Waals surface area contributed by atoms with Crippen LogP contribution in [0.15, 0.2) is 30.3 Å². The van der Waals surface area contributed by atoms with E-state index in [0.29, 0.717) is 19.0 Å². The number of benzene rings is 1. The van der Waals surface area contributed by atoms with E-state index in [2.05, 4.69) is 29.3 Å². The zero-order valence-corrected chi connectivity index (χ0v) is 18.5. The van der Waals surface area contributed by atoms with Crippen LogP contribution in [0, 0.1) is 11.3 Å². The number of nitrogens with zero attached hydrogens (tertiary/aromatic N) is 2. The normalized spacial score (nSPS) is 21.0. The van der Waals surface area contributed by atoms with Crippen molar-refractivity contribution >= 4 is 11.8 Å².